The summed E-state index contributed by atoms with van der Waals surface area (Å²) in [6, 6.07) is 1.44. The molecule has 0 aliphatic carbocycles. The van der Waals surface area contributed by atoms with Crippen LogP contribution in [0.2, 0.25) is 0 Å². The van der Waals surface area contributed by atoms with E-state index in [0.29, 0.717) is 0 Å². The van der Waals surface area contributed by atoms with Crippen LogP contribution in [0.25, 0.3) is 0 Å². The fraction of sp³-hybridized carbons (Fsp3) is 0.500. The van der Waals surface area contributed by atoms with E-state index < -0.39 is 0 Å². The highest BCUT2D eigenvalue weighted by Crippen LogP contribution is 1.96. The summed E-state index contributed by atoms with van der Waals surface area (Å²) in [7, 11) is 0. The zero-order chi connectivity index (χ0) is 9.98. The molecule has 70 valence electrons. The van der Waals surface area contributed by atoms with Gasteiger partial charge in [0.2, 0.25) is 0 Å². The van der Waals surface area contributed by atoms with Crippen molar-refractivity contribution in [3.05, 3.63) is 29.8 Å². The lowest BCUT2D eigenvalue weighted by atomic mass is 10.3. The maximum atomic E-state index is 12.1. The maximum absolute atomic E-state index is 12.1. The lowest BCUT2D eigenvalue weighted by molar-refractivity contribution is 0.620. The van der Waals surface area contributed by atoms with E-state index in [1.54, 1.807) is 13.1 Å². The Bertz CT molecular complexity index is 170. The molecule has 0 aromatic carbocycles. The molecular weight excluding hydrogens is 153 g/mol. The van der Waals surface area contributed by atoms with Gasteiger partial charge in [-0.05, 0) is 18.6 Å². The topological polar surface area (TPSA) is 12.9 Å². The summed E-state index contributed by atoms with van der Waals surface area (Å²) in [6.45, 7) is 9.80. The van der Waals surface area contributed by atoms with Gasteiger partial charge in [0, 0.05) is 6.20 Å². The zero-order valence-electron chi connectivity index (χ0n) is 8.56. The second-order valence-corrected chi connectivity index (χ2v) is 1.68. The first-order valence-corrected chi connectivity index (χ1v) is 4.36. The molecule has 0 atom stereocenters. The van der Waals surface area contributed by atoms with Gasteiger partial charge in [0.25, 0.3) is 0 Å². The first-order valence-electron chi connectivity index (χ1n) is 4.36. The predicted octanol–water partition coefficient (Wildman–Crippen LogP) is 3.58. The molecule has 12 heavy (non-hydrogen) atoms. The summed E-state index contributed by atoms with van der Waals surface area (Å²) < 4.78 is 12.1. The van der Waals surface area contributed by atoms with Crippen molar-refractivity contribution in [3.8, 4) is 0 Å². The van der Waals surface area contributed by atoms with Crippen LogP contribution in [0.4, 0.5) is 4.39 Å². The second kappa shape index (κ2) is 10.1. The Morgan fingerprint density at radius 1 is 1.08 bits per heavy atom. The van der Waals surface area contributed by atoms with Crippen LogP contribution in [0.1, 0.15) is 33.3 Å². The largest absolute Gasteiger partial charge is 0.261 e. The molecule has 0 saturated heterocycles. The van der Waals surface area contributed by atoms with Crippen LogP contribution in [-0.2, 0) is 0 Å². The van der Waals surface area contributed by atoms with Crippen LogP contribution in [0.3, 0.4) is 0 Å². The van der Waals surface area contributed by atoms with Crippen molar-refractivity contribution in [2.24, 2.45) is 0 Å². The SMILES string of the molecule is CC.CC.Cc1cncc(F)c1. The van der Waals surface area contributed by atoms with Gasteiger partial charge in [-0.25, -0.2) is 4.39 Å². The molecule has 0 unspecified atom stereocenters. The number of nitrogens with zero attached hydrogens (tertiary/aromatic N) is 1. The molecule has 1 rings (SSSR count). The summed E-state index contributed by atoms with van der Waals surface area (Å²) in [5.74, 6) is -0.273. The number of halogens is 1. The Balaban J connectivity index is 0. The first kappa shape index (κ1) is 13.7. The standard InChI is InChI=1S/C6H6FN.2C2H6/c1-5-2-6(7)4-8-3-5;2*1-2/h2-4H,1H3;2*1-2H3. The van der Waals surface area contributed by atoms with Crippen molar-refractivity contribution in [1.82, 2.24) is 4.98 Å². The Hall–Kier alpha value is -0.920. The van der Waals surface area contributed by atoms with Gasteiger partial charge in [-0.2, -0.15) is 0 Å². The smallest absolute Gasteiger partial charge is 0.141 e. The van der Waals surface area contributed by atoms with E-state index in [1.165, 1.54) is 12.3 Å². The maximum Gasteiger partial charge on any atom is 0.141 e. The van der Waals surface area contributed by atoms with E-state index in [-0.39, 0.29) is 5.82 Å². The van der Waals surface area contributed by atoms with Crippen molar-refractivity contribution < 1.29 is 4.39 Å². The number of pyridine rings is 1. The van der Waals surface area contributed by atoms with Gasteiger partial charge in [0.1, 0.15) is 5.82 Å². The third kappa shape index (κ3) is 7.19. The van der Waals surface area contributed by atoms with E-state index in [4.69, 9.17) is 0 Å². The highest BCUT2D eigenvalue weighted by Gasteiger charge is 1.85. The minimum Gasteiger partial charge on any atom is -0.261 e. The van der Waals surface area contributed by atoms with E-state index in [9.17, 15) is 4.39 Å². The monoisotopic (exact) mass is 171 g/mol. The number of aryl methyl sites for hydroxylation is 1. The Kier molecular flexibility index (Phi) is 11.5. The van der Waals surface area contributed by atoms with Crippen LogP contribution in [0, 0.1) is 12.7 Å². The molecule has 0 aliphatic heterocycles. The predicted molar refractivity (Wildman–Crippen MR) is 51.6 cm³/mol. The summed E-state index contributed by atoms with van der Waals surface area (Å²) in [5.41, 5.74) is 0.852. The van der Waals surface area contributed by atoms with Gasteiger partial charge >= 0.3 is 0 Å². The highest BCUT2D eigenvalue weighted by molar-refractivity contribution is 5.06. The van der Waals surface area contributed by atoms with Crippen LogP contribution in [0.15, 0.2) is 18.5 Å². The lowest BCUT2D eigenvalue weighted by Gasteiger charge is -1.86. The molecule has 0 amide bonds. The Morgan fingerprint density at radius 2 is 1.58 bits per heavy atom. The van der Waals surface area contributed by atoms with Gasteiger partial charge in [-0.15, -0.1) is 0 Å². The molecule has 1 aromatic heterocycles. The van der Waals surface area contributed by atoms with Crippen molar-refractivity contribution in [1.29, 1.82) is 0 Å². The van der Waals surface area contributed by atoms with Crippen molar-refractivity contribution in [2.75, 3.05) is 0 Å². The first-order chi connectivity index (χ1) is 5.79. The van der Waals surface area contributed by atoms with Gasteiger partial charge in [-0.3, -0.25) is 4.98 Å². The minimum absolute atomic E-state index is 0.273. The molecule has 0 N–H and O–H groups in total. The van der Waals surface area contributed by atoms with E-state index >= 15 is 0 Å². The molecular formula is C10H18FN. The molecule has 1 aromatic rings. The zero-order valence-corrected chi connectivity index (χ0v) is 8.56. The fourth-order valence-electron chi connectivity index (χ4n) is 0.518. The van der Waals surface area contributed by atoms with Crippen molar-refractivity contribution in [2.45, 2.75) is 34.6 Å². The highest BCUT2D eigenvalue weighted by atomic mass is 19.1. The molecule has 0 fully saturated rings. The quantitative estimate of drug-likeness (QED) is 0.581. The summed E-state index contributed by atoms with van der Waals surface area (Å²) in [5, 5.41) is 0. The molecule has 0 aliphatic rings. The number of aromatic nitrogens is 1. The van der Waals surface area contributed by atoms with Gasteiger partial charge < -0.3 is 0 Å². The molecule has 0 saturated carbocycles. The van der Waals surface area contributed by atoms with Crippen LogP contribution in [-0.4, -0.2) is 4.98 Å². The van der Waals surface area contributed by atoms with Crippen molar-refractivity contribution in [3.63, 3.8) is 0 Å². The third-order valence-corrected chi connectivity index (χ3v) is 0.842. The summed E-state index contributed by atoms with van der Waals surface area (Å²) in [6.07, 6.45) is 2.80. The second-order valence-electron chi connectivity index (χ2n) is 1.68. The fourth-order valence-corrected chi connectivity index (χ4v) is 0.518. The van der Waals surface area contributed by atoms with Crippen LogP contribution < -0.4 is 0 Å². The lowest BCUT2D eigenvalue weighted by Crippen LogP contribution is -1.77. The normalized spacial score (nSPS) is 7.17. The van der Waals surface area contributed by atoms with E-state index in [1.807, 2.05) is 27.7 Å². The average Bonchev–Trinajstić information content (AvgIpc) is 2.11. The molecule has 1 nitrogen and oxygen atoms in total. The van der Waals surface area contributed by atoms with E-state index in [2.05, 4.69) is 4.98 Å². The van der Waals surface area contributed by atoms with Crippen LogP contribution in [0.5, 0.6) is 0 Å². The van der Waals surface area contributed by atoms with Gasteiger partial charge in [0.15, 0.2) is 0 Å². The van der Waals surface area contributed by atoms with E-state index in [0.717, 1.165) is 5.56 Å². The van der Waals surface area contributed by atoms with Crippen molar-refractivity contribution >= 4 is 0 Å². The molecule has 0 bridgehead atoms. The average molecular weight is 171 g/mol. The van der Waals surface area contributed by atoms with Crippen LogP contribution >= 0.6 is 0 Å². The third-order valence-electron chi connectivity index (χ3n) is 0.842. The van der Waals surface area contributed by atoms with Gasteiger partial charge in [-0.1, -0.05) is 27.7 Å². The molecule has 1 heterocycles. The summed E-state index contributed by atoms with van der Waals surface area (Å²) >= 11 is 0. The Morgan fingerprint density at radius 3 is 1.83 bits per heavy atom. The molecule has 0 spiro atoms. The molecule has 0 radical (unpaired) electrons. The number of hydrogen-bond acceptors (Lipinski definition) is 1. The minimum atomic E-state index is -0.273. The summed E-state index contributed by atoms with van der Waals surface area (Å²) in [4.78, 5) is 3.61. The number of rotatable bonds is 0. The van der Waals surface area contributed by atoms with Gasteiger partial charge in [0.05, 0.1) is 6.20 Å². The number of hydrogen-bond donors (Lipinski definition) is 0. The Labute approximate surface area is 74.7 Å². The molecule has 2 heteroatoms.